The van der Waals surface area contributed by atoms with Gasteiger partial charge in [0.1, 0.15) is 6.42 Å². The third kappa shape index (κ3) is 3.27. The van der Waals surface area contributed by atoms with Gasteiger partial charge in [-0.3, -0.25) is 9.48 Å². The lowest BCUT2D eigenvalue weighted by molar-refractivity contribution is -0.120. The van der Waals surface area contributed by atoms with Gasteiger partial charge in [-0.1, -0.05) is 0 Å². The second-order valence-corrected chi connectivity index (χ2v) is 2.97. The van der Waals surface area contributed by atoms with Crippen LogP contribution in [0.1, 0.15) is 12.0 Å². The Hall–Kier alpha value is -1.83. The molecule has 0 aliphatic heterocycles. The Balaban J connectivity index is 2.22. The van der Waals surface area contributed by atoms with Crippen LogP contribution < -0.4 is 5.32 Å². The normalized spacial score (nSPS) is 9.43. The summed E-state index contributed by atoms with van der Waals surface area (Å²) in [5, 5.41) is 14.9. The lowest BCUT2D eigenvalue weighted by Crippen LogP contribution is -2.26. The fourth-order valence-corrected chi connectivity index (χ4v) is 1.03. The van der Waals surface area contributed by atoms with E-state index in [1.54, 1.807) is 16.9 Å². The maximum atomic E-state index is 10.9. The Kier molecular flexibility index (Phi) is 3.68. The van der Waals surface area contributed by atoms with Gasteiger partial charge >= 0.3 is 0 Å². The van der Waals surface area contributed by atoms with Crippen LogP contribution in [-0.2, 0) is 11.3 Å². The van der Waals surface area contributed by atoms with Gasteiger partial charge in [0.05, 0.1) is 18.8 Å². The summed E-state index contributed by atoms with van der Waals surface area (Å²) in [6.07, 6.45) is 3.58. The first-order valence-corrected chi connectivity index (χ1v) is 4.35. The number of amides is 1. The number of nitrogens with one attached hydrogen (secondary N) is 1. The smallest absolute Gasteiger partial charge is 0.234 e. The van der Waals surface area contributed by atoms with Crippen LogP contribution in [0.5, 0.6) is 0 Å². The highest BCUT2D eigenvalue weighted by atomic mass is 16.1. The van der Waals surface area contributed by atoms with Gasteiger partial charge in [-0.25, -0.2) is 0 Å². The quantitative estimate of drug-likeness (QED) is 0.741. The van der Waals surface area contributed by atoms with Gasteiger partial charge in [-0.15, -0.1) is 0 Å². The van der Waals surface area contributed by atoms with Crippen molar-refractivity contribution in [2.24, 2.45) is 0 Å². The lowest BCUT2D eigenvalue weighted by Gasteiger charge is -2.02. The molecule has 0 radical (unpaired) electrons. The minimum absolute atomic E-state index is 0.0852. The van der Waals surface area contributed by atoms with Gasteiger partial charge in [0, 0.05) is 12.7 Å². The number of carbonyl (C=O) groups is 1. The van der Waals surface area contributed by atoms with E-state index in [9.17, 15) is 4.79 Å². The molecule has 1 heterocycles. The average Bonchev–Trinajstić information content (AvgIpc) is 2.52. The molecule has 5 nitrogen and oxygen atoms in total. The summed E-state index contributed by atoms with van der Waals surface area (Å²) in [4.78, 5) is 10.9. The van der Waals surface area contributed by atoms with Crippen molar-refractivity contribution in [2.45, 2.75) is 19.9 Å². The molecule has 0 aliphatic carbocycles. The highest BCUT2D eigenvalue weighted by Crippen LogP contribution is 1.92. The molecule has 1 aromatic rings. The zero-order chi connectivity index (χ0) is 10.4. The number of aryl methyl sites for hydroxylation is 1. The van der Waals surface area contributed by atoms with Crippen molar-refractivity contribution in [1.29, 1.82) is 5.26 Å². The first-order valence-electron chi connectivity index (χ1n) is 4.35. The third-order valence-electron chi connectivity index (χ3n) is 1.67. The highest BCUT2D eigenvalue weighted by molar-refractivity contribution is 5.77. The molecule has 0 aromatic carbocycles. The summed E-state index contributed by atoms with van der Waals surface area (Å²) in [6, 6.07) is 1.79. The standard InChI is InChI=1S/C9H12N4O/c1-8-6-12-13(7-8)5-4-11-9(14)2-3-10/h6-7H,2,4-5H2,1H3,(H,11,14). The molecule has 0 saturated carbocycles. The Morgan fingerprint density at radius 2 is 2.57 bits per heavy atom. The number of rotatable bonds is 4. The molecule has 1 rings (SSSR count). The molecule has 0 unspecified atom stereocenters. The minimum atomic E-state index is -0.239. The summed E-state index contributed by atoms with van der Waals surface area (Å²) in [7, 11) is 0. The molecule has 0 atom stereocenters. The summed E-state index contributed by atoms with van der Waals surface area (Å²) in [5.74, 6) is -0.239. The van der Waals surface area contributed by atoms with Crippen LogP contribution in [0.25, 0.3) is 0 Å². The predicted octanol–water partition coefficient (Wildman–Crippen LogP) is 0.221. The van der Waals surface area contributed by atoms with Crippen molar-refractivity contribution in [3.05, 3.63) is 18.0 Å². The Morgan fingerprint density at radius 1 is 1.79 bits per heavy atom. The van der Waals surface area contributed by atoms with Crippen molar-refractivity contribution >= 4 is 5.91 Å². The maximum Gasteiger partial charge on any atom is 0.234 e. The topological polar surface area (TPSA) is 70.7 Å². The van der Waals surface area contributed by atoms with Gasteiger partial charge in [-0.2, -0.15) is 10.4 Å². The molecule has 0 spiro atoms. The number of nitriles is 1. The monoisotopic (exact) mass is 192 g/mol. The number of hydrogen-bond donors (Lipinski definition) is 1. The number of hydrogen-bond acceptors (Lipinski definition) is 3. The second-order valence-electron chi connectivity index (χ2n) is 2.97. The zero-order valence-corrected chi connectivity index (χ0v) is 8.03. The van der Waals surface area contributed by atoms with E-state index in [0.29, 0.717) is 13.1 Å². The molecule has 0 bridgehead atoms. The van der Waals surface area contributed by atoms with Crippen LogP contribution in [0.4, 0.5) is 0 Å². The van der Waals surface area contributed by atoms with Gasteiger partial charge in [0.2, 0.25) is 5.91 Å². The van der Waals surface area contributed by atoms with Gasteiger partial charge in [-0.05, 0) is 12.5 Å². The van der Waals surface area contributed by atoms with E-state index in [1.165, 1.54) is 0 Å². The van der Waals surface area contributed by atoms with E-state index in [2.05, 4.69) is 10.4 Å². The number of aromatic nitrogens is 2. The van der Waals surface area contributed by atoms with Crippen molar-refractivity contribution in [3.63, 3.8) is 0 Å². The van der Waals surface area contributed by atoms with E-state index in [1.807, 2.05) is 13.1 Å². The fraction of sp³-hybridized carbons (Fsp3) is 0.444. The lowest BCUT2D eigenvalue weighted by atomic mass is 10.4. The van der Waals surface area contributed by atoms with Crippen molar-refractivity contribution in [3.8, 4) is 6.07 Å². The highest BCUT2D eigenvalue weighted by Gasteiger charge is 1.98. The SMILES string of the molecule is Cc1cnn(CCNC(=O)CC#N)c1. The first-order chi connectivity index (χ1) is 6.72. The number of nitrogens with zero attached hydrogens (tertiary/aromatic N) is 3. The summed E-state index contributed by atoms with van der Waals surface area (Å²) in [5.41, 5.74) is 1.09. The van der Waals surface area contributed by atoms with Gasteiger partial charge in [0.25, 0.3) is 0 Å². The molecule has 74 valence electrons. The second kappa shape index (κ2) is 5.02. The number of carbonyl (C=O) groups excluding carboxylic acids is 1. The van der Waals surface area contributed by atoms with Crippen molar-refractivity contribution in [1.82, 2.24) is 15.1 Å². The molecule has 0 aliphatic rings. The molecule has 0 saturated heterocycles. The van der Waals surface area contributed by atoms with Crippen LogP contribution in [0.15, 0.2) is 12.4 Å². The van der Waals surface area contributed by atoms with E-state index in [4.69, 9.17) is 5.26 Å². The Bertz CT molecular complexity index is 350. The Morgan fingerprint density at radius 3 is 3.14 bits per heavy atom. The molecule has 14 heavy (non-hydrogen) atoms. The Labute approximate surface area is 82.3 Å². The minimum Gasteiger partial charge on any atom is -0.353 e. The van der Waals surface area contributed by atoms with E-state index < -0.39 is 0 Å². The largest absolute Gasteiger partial charge is 0.353 e. The van der Waals surface area contributed by atoms with Gasteiger partial charge < -0.3 is 5.32 Å². The zero-order valence-electron chi connectivity index (χ0n) is 8.03. The van der Waals surface area contributed by atoms with Crippen LogP contribution in [-0.4, -0.2) is 22.2 Å². The van der Waals surface area contributed by atoms with Crippen LogP contribution in [0.2, 0.25) is 0 Å². The van der Waals surface area contributed by atoms with Crippen molar-refractivity contribution < 1.29 is 4.79 Å². The summed E-state index contributed by atoms with van der Waals surface area (Å²) in [6.45, 7) is 3.09. The van der Waals surface area contributed by atoms with Crippen LogP contribution in [0, 0.1) is 18.3 Å². The van der Waals surface area contributed by atoms with Crippen molar-refractivity contribution in [2.75, 3.05) is 6.54 Å². The van der Waals surface area contributed by atoms with Crippen LogP contribution in [0.3, 0.4) is 0 Å². The summed E-state index contributed by atoms with van der Waals surface area (Å²) >= 11 is 0. The molecule has 5 heteroatoms. The molecule has 1 amide bonds. The summed E-state index contributed by atoms with van der Waals surface area (Å²) < 4.78 is 1.75. The third-order valence-corrected chi connectivity index (χ3v) is 1.67. The predicted molar refractivity (Wildman–Crippen MR) is 50.2 cm³/mol. The van der Waals surface area contributed by atoms with E-state index >= 15 is 0 Å². The fourth-order valence-electron chi connectivity index (χ4n) is 1.03. The first kappa shape index (κ1) is 10.3. The van der Waals surface area contributed by atoms with Gasteiger partial charge in [0.15, 0.2) is 0 Å². The molecule has 1 aromatic heterocycles. The molecule has 1 N–H and O–H groups in total. The van der Waals surface area contributed by atoms with E-state index in [0.717, 1.165) is 5.56 Å². The molecular weight excluding hydrogens is 180 g/mol. The maximum absolute atomic E-state index is 10.9. The van der Waals surface area contributed by atoms with E-state index in [-0.39, 0.29) is 12.3 Å². The average molecular weight is 192 g/mol. The molecule has 0 fully saturated rings. The molecular formula is C9H12N4O. The van der Waals surface area contributed by atoms with Crippen LogP contribution >= 0.6 is 0 Å².